The molecule has 0 spiro atoms. The third kappa shape index (κ3) is 1.48. The van der Waals surface area contributed by atoms with E-state index in [4.69, 9.17) is 5.11 Å². The standard InChI is InChI=1S/C11H12N2O/c1-8-11(7-13(2)12-8)9-3-5-10(14)6-4-9/h3-7,14H,1-2H3. The van der Waals surface area contributed by atoms with Gasteiger partial charge in [-0.15, -0.1) is 0 Å². The first kappa shape index (κ1) is 8.81. The van der Waals surface area contributed by atoms with Crippen LogP contribution in [0.3, 0.4) is 0 Å². The number of aromatic hydroxyl groups is 1. The van der Waals surface area contributed by atoms with Crippen molar-refractivity contribution in [2.75, 3.05) is 0 Å². The van der Waals surface area contributed by atoms with E-state index in [2.05, 4.69) is 5.10 Å². The Bertz CT molecular complexity index is 443. The number of benzene rings is 1. The maximum Gasteiger partial charge on any atom is 0.115 e. The summed E-state index contributed by atoms with van der Waals surface area (Å²) in [4.78, 5) is 0. The Morgan fingerprint density at radius 2 is 1.86 bits per heavy atom. The first-order valence-corrected chi connectivity index (χ1v) is 4.46. The third-order valence-electron chi connectivity index (χ3n) is 2.19. The second kappa shape index (κ2) is 3.18. The van der Waals surface area contributed by atoms with Gasteiger partial charge in [0.2, 0.25) is 0 Å². The molecule has 1 aromatic heterocycles. The fourth-order valence-corrected chi connectivity index (χ4v) is 1.52. The van der Waals surface area contributed by atoms with Crippen molar-refractivity contribution < 1.29 is 5.11 Å². The van der Waals surface area contributed by atoms with Crippen LogP contribution in [-0.4, -0.2) is 14.9 Å². The molecule has 0 amide bonds. The van der Waals surface area contributed by atoms with Crippen molar-refractivity contribution in [2.45, 2.75) is 6.92 Å². The van der Waals surface area contributed by atoms with E-state index in [-0.39, 0.29) is 5.75 Å². The Hall–Kier alpha value is -1.77. The summed E-state index contributed by atoms with van der Waals surface area (Å²) in [5.41, 5.74) is 3.18. The largest absolute Gasteiger partial charge is 0.508 e. The predicted octanol–water partition coefficient (Wildman–Crippen LogP) is 2.10. The summed E-state index contributed by atoms with van der Waals surface area (Å²) >= 11 is 0. The van der Waals surface area contributed by atoms with E-state index in [0.29, 0.717) is 0 Å². The number of hydrogen-bond donors (Lipinski definition) is 1. The molecule has 0 fully saturated rings. The lowest BCUT2D eigenvalue weighted by atomic mass is 10.1. The molecule has 0 unspecified atom stereocenters. The molecule has 0 atom stereocenters. The number of hydrogen-bond acceptors (Lipinski definition) is 2. The van der Waals surface area contributed by atoms with E-state index >= 15 is 0 Å². The minimum Gasteiger partial charge on any atom is -0.508 e. The van der Waals surface area contributed by atoms with Crippen molar-refractivity contribution in [3.8, 4) is 16.9 Å². The van der Waals surface area contributed by atoms with Gasteiger partial charge in [-0.2, -0.15) is 5.10 Å². The van der Waals surface area contributed by atoms with Crippen molar-refractivity contribution in [3.05, 3.63) is 36.2 Å². The number of phenols is 1. The topological polar surface area (TPSA) is 38.0 Å². The number of rotatable bonds is 1. The summed E-state index contributed by atoms with van der Waals surface area (Å²) in [6.07, 6.45) is 1.97. The molecule has 14 heavy (non-hydrogen) atoms. The average Bonchev–Trinajstić information content (AvgIpc) is 2.47. The maximum atomic E-state index is 9.16. The van der Waals surface area contributed by atoms with E-state index in [1.165, 1.54) is 0 Å². The third-order valence-corrected chi connectivity index (χ3v) is 2.19. The van der Waals surface area contributed by atoms with Crippen molar-refractivity contribution in [2.24, 2.45) is 7.05 Å². The zero-order valence-electron chi connectivity index (χ0n) is 8.23. The molecule has 0 aliphatic rings. The highest BCUT2D eigenvalue weighted by Crippen LogP contribution is 2.23. The quantitative estimate of drug-likeness (QED) is 0.744. The molecular formula is C11H12N2O. The molecule has 0 saturated heterocycles. The van der Waals surface area contributed by atoms with Crippen LogP contribution < -0.4 is 0 Å². The summed E-state index contributed by atoms with van der Waals surface area (Å²) in [6, 6.07) is 7.14. The normalized spacial score (nSPS) is 10.4. The van der Waals surface area contributed by atoms with Gasteiger partial charge in [0.15, 0.2) is 0 Å². The van der Waals surface area contributed by atoms with Crippen LogP contribution >= 0.6 is 0 Å². The van der Waals surface area contributed by atoms with Gasteiger partial charge in [-0.25, -0.2) is 0 Å². The molecular weight excluding hydrogens is 176 g/mol. The molecule has 0 aliphatic heterocycles. The molecule has 2 rings (SSSR count). The van der Waals surface area contributed by atoms with E-state index in [9.17, 15) is 0 Å². The van der Waals surface area contributed by atoms with Crippen molar-refractivity contribution in [1.82, 2.24) is 9.78 Å². The molecule has 1 aromatic carbocycles. The van der Waals surface area contributed by atoms with Crippen LogP contribution in [-0.2, 0) is 7.05 Å². The second-order valence-electron chi connectivity index (χ2n) is 3.35. The van der Waals surface area contributed by atoms with Crippen molar-refractivity contribution in [3.63, 3.8) is 0 Å². The van der Waals surface area contributed by atoms with Gasteiger partial charge in [-0.3, -0.25) is 4.68 Å². The molecule has 0 radical (unpaired) electrons. The number of aromatic nitrogens is 2. The molecule has 3 nitrogen and oxygen atoms in total. The average molecular weight is 188 g/mol. The molecule has 0 bridgehead atoms. The van der Waals surface area contributed by atoms with Gasteiger partial charge in [0.1, 0.15) is 5.75 Å². The van der Waals surface area contributed by atoms with Crippen molar-refractivity contribution in [1.29, 1.82) is 0 Å². The van der Waals surface area contributed by atoms with Gasteiger partial charge in [-0.1, -0.05) is 12.1 Å². The highest BCUT2D eigenvalue weighted by atomic mass is 16.3. The van der Waals surface area contributed by atoms with Crippen LogP contribution in [0.15, 0.2) is 30.5 Å². The monoisotopic (exact) mass is 188 g/mol. The Kier molecular flexibility index (Phi) is 2.00. The van der Waals surface area contributed by atoms with Crippen LogP contribution in [0.5, 0.6) is 5.75 Å². The summed E-state index contributed by atoms with van der Waals surface area (Å²) < 4.78 is 1.79. The van der Waals surface area contributed by atoms with Gasteiger partial charge in [0, 0.05) is 18.8 Å². The van der Waals surface area contributed by atoms with Gasteiger partial charge >= 0.3 is 0 Å². The molecule has 0 saturated carbocycles. The zero-order valence-corrected chi connectivity index (χ0v) is 8.23. The van der Waals surface area contributed by atoms with Crippen LogP contribution in [0.2, 0.25) is 0 Å². The van der Waals surface area contributed by atoms with Gasteiger partial charge in [0.25, 0.3) is 0 Å². The Morgan fingerprint density at radius 3 is 2.36 bits per heavy atom. The Labute approximate surface area is 82.6 Å². The van der Waals surface area contributed by atoms with E-state index in [0.717, 1.165) is 16.8 Å². The Morgan fingerprint density at radius 1 is 1.21 bits per heavy atom. The number of nitrogens with zero attached hydrogens (tertiary/aromatic N) is 2. The lowest BCUT2D eigenvalue weighted by molar-refractivity contribution is 0.475. The first-order chi connectivity index (χ1) is 6.66. The molecule has 0 aliphatic carbocycles. The zero-order chi connectivity index (χ0) is 10.1. The fourth-order valence-electron chi connectivity index (χ4n) is 1.52. The molecule has 3 heteroatoms. The number of phenolic OH excluding ortho intramolecular Hbond substituents is 1. The second-order valence-corrected chi connectivity index (χ2v) is 3.35. The predicted molar refractivity (Wildman–Crippen MR) is 55.0 cm³/mol. The van der Waals surface area contributed by atoms with Gasteiger partial charge < -0.3 is 5.11 Å². The van der Waals surface area contributed by atoms with Gasteiger partial charge in [0.05, 0.1) is 5.69 Å². The lowest BCUT2D eigenvalue weighted by Crippen LogP contribution is -1.86. The van der Waals surface area contributed by atoms with E-state index in [1.807, 2.05) is 32.3 Å². The molecule has 2 aromatic rings. The van der Waals surface area contributed by atoms with E-state index < -0.39 is 0 Å². The summed E-state index contributed by atoms with van der Waals surface area (Å²) in [5, 5.41) is 13.4. The highest BCUT2D eigenvalue weighted by molar-refractivity contribution is 5.65. The lowest BCUT2D eigenvalue weighted by Gasteiger charge is -1.98. The first-order valence-electron chi connectivity index (χ1n) is 4.46. The smallest absolute Gasteiger partial charge is 0.115 e. The minimum absolute atomic E-state index is 0.287. The summed E-state index contributed by atoms with van der Waals surface area (Å²) in [7, 11) is 1.90. The molecule has 72 valence electrons. The van der Waals surface area contributed by atoms with Crippen LogP contribution in [0.4, 0.5) is 0 Å². The highest BCUT2D eigenvalue weighted by Gasteiger charge is 2.04. The fraction of sp³-hybridized carbons (Fsp3) is 0.182. The van der Waals surface area contributed by atoms with Crippen LogP contribution in [0, 0.1) is 6.92 Å². The number of aryl methyl sites for hydroxylation is 2. The minimum atomic E-state index is 0.287. The SMILES string of the molecule is Cc1nn(C)cc1-c1ccc(O)cc1. The molecule has 1 heterocycles. The van der Waals surface area contributed by atoms with Crippen LogP contribution in [0.1, 0.15) is 5.69 Å². The Balaban J connectivity index is 2.49. The maximum absolute atomic E-state index is 9.16. The molecule has 1 N–H and O–H groups in total. The van der Waals surface area contributed by atoms with Crippen molar-refractivity contribution >= 4 is 0 Å². The summed E-state index contributed by atoms with van der Waals surface area (Å²) in [5.74, 6) is 0.287. The van der Waals surface area contributed by atoms with E-state index in [1.54, 1.807) is 16.8 Å². The van der Waals surface area contributed by atoms with Gasteiger partial charge in [-0.05, 0) is 24.6 Å². The van der Waals surface area contributed by atoms with Crippen LogP contribution in [0.25, 0.3) is 11.1 Å². The summed E-state index contributed by atoms with van der Waals surface area (Å²) in [6.45, 7) is 1.97.